The summed E-state index contributed by atoms with van der Waals surface area (Å²) in [6.07, 6.45) is 0. The summed E-state index contributed by atoms with van der Waals surface area (Å²) in [5.74, 6) is 0.00583. The molecular weight excluding hydrogens is 204 g/mol. The second-order valence-corrected chi connectivity index (χ2v) is 3.26. The molecule has 1 fully saturated rings. The van der Waals surface area contributed by atoms with E-state index in [0.717, 1.165) is 0 Å². The van der Waals surface area contributed by atoms with E-state index in [1.54, 1.807) is 0 Å². The van der Waals surface area contributed by atoms with Crippen LogP contribution in [0.3, 0.4) is 0 Å². The SMILES string of the molecule is [2H]c1c([2H])c(C2COC2)c([2H])c([2H])c1Br. The summed E-state index contributed by atoms with van der Waals surface area (Å²) in [6.45, 7) is 0.969. The van der Waals surface area contributed by atoms with Gasteiger partial charge in [0.15, 0.2) is 0 Å². The normalized spacial score (nSPS) is 23.0. The van der Waals surface area contributed by atoms with Crippen LogP contribution in [0.4, 0.5) is 0 Å². The van der Waals surface area contributed by atoms with Gasteiger partial charge in [0.25, 0.3) is 0 Å². The Labute approximate surface area is 80.1 Å². The third-order valence-corrected chi connectivity index (χ3v) is 2.06. The summed E-state index contributed by atoms with van der Waals surface area (Å²) in [6, 6.07) is 0.0446. The fourth-order valence-electron chi connectivity index (χ4n) is 0.913. The summed E-state index contributed by atoms with van der Waals surface area (Å²) in [5, 5.41) is 0. The largest absolute Gasteiger partial charge is 0.380 e. The second kappa shape index (κ2) is 2.95. The zero-order chi connectivity index (χ0) is 11.2. The number of hydrogen-bond acceptors (Lipinski definition) is 1. The highest BCUT2D eigenvalue weighted by molar-refractivity contribution is 9.10. The minimum Gasteiger partial charge on any atom is -0.380 e. The molecule has 0 bridgehead atoms. The first-order valence-corrected chi connectivity index (χ1v) is 4.16. The van der Waals surface area contributed by atoms with Gasteiger partial charge in [0, 0.05) is 10.4 Å². The third kappa shape index (κ3) is 1.47. The van der Waals surface area contributed by atoms with Gasteiger partial charge in [0.2, 0.25) is 0 Å². The molecule has 1 aliphatic heterocycles. The van der Waals surface area contributed by atoms with Crippen LogP contribution in [0.1, 0.15) is 17.0 Å². The van der Waals surface area contributed by atoms with Crippen LogP contribution in [0.5, 0.6) is 0 Å². The minimum absolute atomic E-state index is 0.00583. The molecule has 0 radical (unpaired) electrons. The van der Waals surface area contributed by atoms with Gasteiger partial charge in [-0.05, 0) is 17.6 Å². The fourth-order valence-corrected chi connectivity index (χ4v) is 1.11. The Balaban J connectivity index is 2.62. The zero-order valence-corrected chi connectivity index (χ0v) is 7.36. The molecular formula is C9H9BrO. The molecule has 0 saturated carbocycles. The van der Waals surface area contributed by atoms with Gasteiger partial charge in [-0.15, -0.1) is 0 Å². The molecule has 1 saturated heterocycles. The summed E-state index contributed by atoms with van der Waals surface area (Å²) >= 11 is 3.06. The maximum atomic E-state index is 7.76. The van der Waals surface area contributed by atoms with E-state index in [-0.39, 0.29) is 34.6 Å². The highest BCUT2D eigenvalue weighted by atomic mass is 79.9. The zero-order valence-electron chi connectivity index (χ0n) is 9.78. The maximum Gasteiger partial charge on any atom is 0.0635 e. The van der Waals surface area contributed by atoms with Gasteiger partial charge in [0.1, 0.15) is 0 Å². The van der Waals surface area contributed by atoms with E-state index in [2.05, 4.69) is 15.9 Å². The van der Waals surface area contributed by atoms with Crippen LogP contribution in [0, 0.1) is 0 Å². The molecule has 0 aromatic heterocycles. The minimum atomic E-state index is -0.0158. The molecule has 1 aliphatic rings. The van der Waals surface area contributed by atoms with Gasteiger partial charge < -0.3 is 4.74 Å². The first kappa shape index (κ1) is 4.06. The highest BCUT2D eigenvalue weighted by Gasteiger charge is 2.19. The number of benzene rings is 1. The Morgan fingerprint density at radius 3 is 2.45 bits per heavy atom. The number of rotatable bonds is 1. The Morgan fingerprint density at radius 1 is 1.36 bits per heavy atom. The van der Waals surface area contributed by atoms with Crippen molar-refractivity contribution in [3.8, 4) is 0 Å². The molecule has 2 heteroatoms. The van der Waals surface area contributed by atoms with E-state index in [1.807, 2.05) is 0 Å². The van der Waals surface area contributed by atoms with Crippen LogP contribution < -0.4 is 0 Å². The van der Waals surface area contributed by atoms with E-state index in [9.17, 15) is 0 Å². The van der Waals surface area contributed by atoms with Gasteiger partial charge in [-0.1, -0.05) is 28.0 Å². The molecule has 0 amide bonds. The molecule has 0 N–H and O–H groups in total. The first-order valence-electron chi connectivity index (χ1n) is 5.37. The van der Waals surface area contributed by atoms with E-state index in [1.165, 1.54) is 0 Å². The number of halogens is 1. The highest BCUT2D eigenvalue weighted by Crippen LogP contribution is 2.24. The van der Waals surface area contributed by atoms with Crippen LogP contribution in [0.15, 0.2) is 28.6 Å². The third-order valence-electron chi connectivity index (χ3n) is 1.66. The van der Waals surface area contributed by atoms with Crippen molar-refractivity contribution in [2.75, 3.05) is 13.2 Å². The van der Waals surface area contributed by atoms with Gasteiger partial charge in [-0.25, -0.2) is 0 Å². The standard InChI is InChI=1S/C9H9BrO/c10-9-3-1-7(2-4-9)8-5-11-6-8/h1-4,8H,5-6H2/i1D,2D,3D,4D. The molecule has 0 aliphatic carbocycles. The predicted octanol–water partition coefficient (Wildman–Crippen LogP) is 2.56. The molecule has 2 rings (SSSR count). The monoisotopic (exact) mass is 216 g/mol. The molecule has 0 unspecified atom stereocenters. The summed E-state index contributed by atoms with van der Waals surface area (Å²) in [5.41, 5.74) is 0.472. The molecule has 11 heavy (non-hydrogen) atoms. The molecule has 0 spiro atoms. The van der Waals surface area contributed by atoms with Crippen molar-refractivity contribution in [2.45, 2.75) is 5.92 Å². The van der Waals surface area contributed by atoms with Gasteiger partial charge in [-0.2, -0.15) is 0 Å². The van der Waals surface area contributed by atoms with Gasteiger partial charge in [0.05, 0.1) is 18.7 Å². The lowest BCUT2D eigenvalue weighted by atomic mass is 9.98. The van der Waals surface area contributed by atoms with E-state index in [0.29, 0.717) is 18.8 Å². The van der Waals surface area contributed by atoms with Crippen LogP contribution >= 0.6 is 15.9 Å². The van der Waals surface area contributed by atoms with Crippen molar-refractivity contribution < 1.29 is 10.2 Å². The Hall–Kier alpha value is -0.340. The van der Waals surface area contributed by atoms with Crippen LogP contribution in [0.2, 0.25) is 0 Å². The Bertz CT molecular complexity index is 388. The topological polar surface area (TPSA) is 9.23 Å². The van der Waals surface area contributed by atoms with Crippen LogP contribution in [0.25, 0.3) is 0 Å². The van der Waals surface area contributed by atoms with Crippen LogP contribution in [-0.2, 0) is 4.74 Å². The summed E-state index contributed by atoms with van der Waals surface area (Å²) < 4.78 is 36.0. The molecule has 0 atom stereocenters. The quantitative estimate of drug-likeness (QED) is 0.702. The van der Waals surface area contributed by atoms with Crippen molar-refractivity contribution >= 4 is 15.9 Å². The smallest absolute Gasteiger partial charge is 0.0635 e. The van der Waals surface area contributed by atoms with Crippen molar-refractivity contribution in [3.63, 3.8) is 0 Å². The lowest BCUT2D eigenvalue weighted by molar-refractivity contribution is 0.00842. The van der Waals surface area contributed by atoms with E-state index >= 15 is 0 Å². The summed E-state index contributed by atoms with van der Waals surface area (Å²) in [4.78, 5) is 0. The van der Waals surface area contributed by atoms with E-state index < -0.39 is 0 Å². The van der Waals surface area contributed by atoms with Crippen molar-refractivity contribution in [1.29, 1.82) is 0 Å². The van der Waals surface area contributed by atoms with Crippen molar-refractivity contribution in [3.05, 3.63) is 34.2 Å². The predicted molar refractivity (Wildman–Crippen MR) is 47.7 cm³/mol. The summed E-state index contributed by atoms with van der Waals surface area (Å²) in [7, 11) is 0. The van der Waals surface area contributed by atoms with E-state index in [4.69, 9.17) is 10.2 Å². The van der Waals surface area contributed by atoms with Crippen molar-refractivity contribution in [1.82, 2.24) is 0 Å². The lowest BCUT2D eigenvalue weighted by Crippen LogP contribution is -2.24. The second-order valence-electron chi connectivity index (χ2n) is 2.46. The molecule has 58 valence electrons. The average Bonchev–Trinajstić information content (AvgIpc) is 2.15. The van der Waals surface area contributed by atoms with Crippen molar-refractivity contribution in [2.24, 2.45) is 0 Å². The van der Waals surface area contributed by atoms with Gasteiger partial charge >= 0.3 is 0 Å². The maximum absolute atomic E-state index is 7.76. The Kier molecular flexibility index (Phi) is 1.09. The first-order chi connectivity index (χ1) is 7.04. The number of ether oxygens (including phenoxy) is 1. The molecule has 1 nitrogen and oxygen atoms in total. The number of hydrogen-bond donors (Lipinski definition) is 0. The van der Waals surface area contributed by atoms with Crippen LogP contribution in [-0.4, -0.2) is 13.2 Å². The fraction of sp³-hybridized carbons (Fsp3) is 0.333. The van der Waals surface area contributed by atoms with Gasteiger partial charge in [-0.3, -0.25) is 0 Å². The molecule has 1 heterocycles. The molecule has 1 aromatic rings. The lowest BCUT2D eigenvalue weighted by Gasteiger charge is -2.26. The average molecular weight is 217 g/mol. The Morgan fingerprint density at radius 2 is 2.00 bits per heavy atom. The molecule has 1 aromatic carbocycles.